The minimum atomic E-state index is -0.176. The summed E-state index contributed by atoms with van der Waals surface area (Å²) in [4.78, 5) is 18.2. The molecule has 5 nitrogen and oxygen atoms in total. The Hall–Kier alpha value is -1.69. The number of nitrogens with zero attached hydrogens (tertiary/aromatic N) is 2. The van der Waals surface area contributed by atoms with Crippen molar-refractivity contribution in [2.45, 2.75) is 52.4 Å². The monoisotopic (exact) mass is 333 g/mol. The second kappa shape index (κ2) is 7.25. The third kappa shape index (κ3) is 4.19. The summed E-state index contributed by atoms with van der Waals surface area (Å²) in [5.41, 5.74) is 1.64. The Balaban J connectivity index is 1.49. The van der Waals surface area contributed by atoms with E-state index in [1.807, 2.05) is 0 Å². The molecule has 1 N–H and O–H groups in total. The quantitative estimate of drug-likeness (QED) is 0.881. The van der Waals surface area contributed by atoms with Crippen molar-refractivity contribution in [1.82, 2.24) is 15.5 Å². The average Bonchev–Trinajstić information content (AvgIpc) is 3.12. The molecular formula is C17H23N3O2S. The molecule has 2 heterocycles. The van der Waals surface area contributed by atoms with Crippen LogP contribution in [0.4, 0.5) is 0 Å². The number of aryl methyl sites for hydroxylation is 2. The lowest BCUT2D eigenvalue weighted by Gasteiger charge is -2.06. The van der Waals surface area contributed by atoms with Crippen molar-refractivity contribution >= 4 is 17.2 Å². The van der Waals surface area contributed by atoms with Gasteiger partial charge in [-0.1, -0.05) is 19.0 Å². The number of aromatic nitrogens is 2. The van der Waals surface area contributed by atoms with Crippen molar-refractivity contribution < 1.29 is 9.32 Å². The fraction of sp³-hybridized carbons (Fsp3) is 0.588. The summed E-state index contributed by atoms with van der Waals surface area (Å²) in [6.45, 7) is 4.80. The van der Waals surface area contributed by atoms with Gasteiger partial charge in [-0.25, -0.2) is 4.98 Å². The molecule has 0 unspecified atom stereocenters. The number of rotatable bonds is 6. The van der Waals surface area contributed by atoms with Crippen LogP contribution in [0.1, 0.15) is 58.5 Å². The van der Waals surface area contributed by atoms with E-state index in [9.17, 15) is 4.79 Å². The second-order valence-corrected chi connectivity index (χ2v) is 7.64. The second-order valence-electron chi connectivity index (χ2n) is 6.47. The molecule has 0 aromatic carbocycles. The summed E-state index contributed by atoms with van der Waals surface area (Å²) in [5, 5.41) is 7.87. The molecule has 0 saturated carbocycles. The maximum absolute atomic E-state index is 12.1. The molecule has 0 saturated heterocycles. The molecule has 0 bridgehead atoms. The molecule has 0 fully saturated rings. The average molecular weight is 333 g/mol. The summed E-state index contributed by atoms with van der Waals surface area (Å²) < 4.78 is 5.20. The topological polar surface area (TPSA) is 68.0 Å². The largest absolute Gasteiger partial charge is 0.361 e. The van der Waals surface area contributed by atoms with Crippen LogP contribution in [0.15, 0.2) is 10.6 Å². The molecule has 1 aliphatic carbocycles. The van der Waals surface area contributed by atoms with E-state index in [1.54, 1.807) is 17.4 Å². The van der Waals surface area contributed by atoms with E-state index < -0.39 is 0 Å². The zero-order chi connectivity index (χ0) is 16.2. The molecule has 6 heteroatoms. The highest BCUT2D eigenvalue weighted by molar-refractivity contribution is 7.11. The third-order valence-corrected chi connectivity index (χ3v) is 5.13. The molecule has 23 heavy (non-hydrogen) atoms. The summed E-state index contributed by atoms with van der Waals surface area (Å²) in [5.74, 6) is 1.07. The first-order valence-electron chi connectivity index (χ1n) is 8.33. The molecule has 0 radical (unpaired) electrons. The van der Waals surface area contributed by atoms with Gasteiger partial charge in [0.05, 0.1) is 10.7 Å². The fourth-order valence-electron chi connectivity index (χ4n) is 2.80. The van der Waals surface area contributed by atoms with Crippen molar-refractivity contribution in [3.05, 3.63) is 33.1 Å². The molecule has 0 aliphatic heterocycles. The normalized spacial score (nSPS) is 14.0. The van der Waals surface area contributed by atoms with Gasteiger partial charge in [-0.05, 0) is 31.6 Å². The van der Waals surface area contributed by atoms with Gasteiger partial charge in [0.15, 0.2) is 5.69 Å². The molecule has 1 amide bonds. The lowest BCUT2D eigenvalue weighted by molar-refractivity contribution is 0.0945. The summed E-state index contributed by atoms with van der Waals surface area (Å²) >= 11 is 1.80. The number of fused-ring (bicyclic) bond motifs is 1. The van der Waals surface area contributed by atoms with E-state index in [1.165, 1.54) is 23.4 Å². The highest BCUT2D eigenvalue weighted by Gasteiger charge is 2.16. The summed E-state index contributed by atoms with van der Waals surface area (Å²) in [6, 6.07) is 1.73. The first kappa shape index (κ1) is 16.2. The Kier molecular flexibility index (Phi) is 5.10. The Morgan fingerprint density at radius 2 is 2.22 bits per heavy atom. The number of hydrogen-bond acceptors (Lipinski definition) is 5. The van der Waals surface area contributed by atoms with Gasteiger partial charge in [0.1, 0.15) is 5.76 Å². The van der Waals surface area contributed by atoms with Gasteiger partial charge in [0.25, 0.3) is 5.91 Å². The smallest absolute Gasteiger partial charge is 0.273 e. The van der Waals surface area contributed by atoms with Gasteiger partial charge in [-0.2, -0.15) is 0 Å². The lowest BCUT2D eigenvalue weighted by Crippen LogP contribution is -2.25. The number of carbonyl (C=O) groups excluding carboxylic acids is 1. The SMILES string of the molecule is CC(C)Cc1cc(C(=O)NCCc2nc3c(s2)CCCC3)no1. The molecule has 2 aromatic heterocycles. The number of thiazole rings is 1. The van der Waals surface area contributed by atoms with Gasteiger partial charge in [-0.15, -0.1) is 11.3 Å². The zero-order valence-electron chi connectivity index (χ0n) is 13.7. The highest BCUT2D eigenvalue weighted by atomic mass is 32.1. The molecule has 124 valence electrons. The third-order valence-electron chi connectivity index (χ3n) is 3.92. The molecule has 1 aliphatic rings. The van der Waals surface area contributed by atoms with E-state index in [0.29, 0.717) is 18.2 Å². The zero-order valence-corrected chi connectivity index (χ0v) is 14.5. The Labute approximate surface area is 140 Å². The molecule has 0 spiro atoms. The Morgan fingerprint density at radius 1 is 1.39 bits per heavy atom. The van der Waals surface area contributed by atoms with Crippen molar-refractivity contribution in [1.29, 1.82) is 0 Å². The van der Waals surface area contributed by atoms with E-state index in [4.69, 9.17) is 9.51 Å². The standard InChI is InChI=1S/C17H23N3O2S/c1-11(2)9-12-10-14(20-22-12)17(21)18-8-7-16-19-13-5-3-4-6-15(13)23-16/h10-11H,3-9H2,1-2H3,(H,18,21). The van der Waals surface area contributed by atoms with Crippen LogP contribution >= 0.6 is 11.3 Å². The van der Waals surface area contributed by atoms with E-state index in [2.05, 4.69) is 24.3 Å². The van der Waals surface area contributed by atoms with Crippen LogP contribution in [0, 0.1) is 5.92 Å². The predicted molar refractivity (Wildman–Crippen MR) is 89.8 cm³/mol. The molecular weight excluding hydrogens is 310 g/mol. The number of carbonyl (C=O) groups is 1. The van der Waals surface area contributed by atoms with Gasteiger partial charge in [-0.3, -0.25) is 4.79 Å². The Bertz CT molecular complexity index is 652. The minimum absolute atomic E-state index is 0.176. The van der Waals surface area contributed by atoms with E-state index >= 15 is 0 Å². The van der Waals surface area contributed by atoms with Crippen molar-refractivity contribution in [3.63, 3.8) is 0 Å². The van der Waals surface area contributed by atoms with Crippen LogP contribution in [-0.2, 0) is 25.7 Å². The van der Waals surface area contributed by atoms with Gasteiger partial charge >= 0.3 is 0 Å². The maximum Gasteiger partial charge on any atom is 0.273 e. The first-order valence-corrected chi connectivity index (χ1v) is 9.14. The highest BCUT2D eigenvalue weighted by Crippen LogP contribution is 2.26. The molecule has 0 atom stereocenters. The summed E-state index contributed by atoms with van der Waals surface area (Å²) in [6.07, 6.45) is 6.37. The van der Waals surface area contributed by atoms with Crippen LogP contribution < -0.4 is 5.32 Å². The predicted octanol–water partition coefficient (Wildman–Crippen LogP) is 3.18. The number of nitrogens with one attached hydrogen (secondary N) is 1. The van der Waals surface area contributed by atoms with Crippen LogP contribution in [0.25, 0.3) is 0 Å². The maximum atomic E-state index is 12.1. The number of amides is 1. The van der Waals surface area contributed by atoms with Crippen LogP contribution in [0.5, 0.6) is 0 Å². The van der Waals surface area contributed by atoms with Crippen molar-refractivity contribution in [2.75, 3.05) is 6.54 Å². The van der Waals surface area contributed by atoms with E-state index in [-0.39, 0.29) is 5.91 Å². The minimum Gasteiger partial charge on any atom is -0.361 e. The lowest BCUT2D eigenvalue weighted by atomic mass is 10.0. The fourth-order valence-corrected chi connectivity index (χ4v) is 3.96. The number of hydrogen-bond donors (Lipinski definition) is 1. The van der Waals surface area contributed by atoms with Crippen LogP contribution in [-0.4, -0.2) is 22.6 Å². The first-order chi connectivity index (χ1) is 11.1. The van der Waals surface area contributed by atoms with Gasteiger partial charge in [0.2, 0.25) is 0 Å². The Morgan fingerprint density at radius 3 is 3.00 bits per heavy atom. The van der Waals surface area contributed by atoms with Gasteiger partial charge in [0, 0.05) is 30.3 Å². The van der Waals surface area contributed by atoms with E-state index in [0.717, 1.165) is 36.5 Å². The summed E-state index contributed by atoms with van der Waals surface area (Å²) in [7, 11) is 0. The van der Waals surface area contributed by atoms with Gasteiger partial charge < -0.3 is 9.84 Å². The van der Waals surface area contributed by atoms with Crippen LogP contribution in [0.3, 0.4) is 0 Å². The van der Waals surface area contributed by atoms with Crippen molar-refractivity contribution in [3.8, 4) is 0 Å². The van der Waals surface area contributed by atoms with Crippen molar-refractivity contribution in [2.24, 2.45) is 5.92 Å². The van der Waals surface area contributed by atoms with Crippen LogP contribution in [0.2, 0.25) is 0 Å². The molecule has 2 aromatic rings. The molecule has 3 rings (SSSR count).